The second-order valence-electron chi connectivity index (χ2n) is 6.47. The maximum absolute atomic E-state index is 13.2. The molecule has 3 heterocycles. The smallest absolute Gasteiger partial charge is 0.319 e. The number of fused-ring (bicyclic) bond motifs is 1. The van der Waals surface area contributed by atoms with Crippen LogP contribution < -0.4 is 10.9 Å². The number of pyridine rings is 1. The third-order valence-corrected chi connectivity index (χ3v) is 4.64. The van der Waals surface area contributed by atoms with Crippen molar-refractivity contribution in [2.45, 2.75) is 19.0 Å². The second kappa shape index (κ2) is 6.01. The average molecular weight is 366 g/mol. The third kappa shape index (κ3) is 2.75. The molecule has 1 atom stereocenters. The van der Waals surface area contributed by atoms with E-state index < -0.39 is 23.3 Å². The van der Waals surface area contributed by atoms with Gasteiger partial charge in [-0.25, -0.2) is 14.2 Å². The Morgan fingerprint density at radius 3 is 2.59 bits per heavy atom. The largest absolute Gasteiger partial charge is 0.325 e. The number of hydrogen-bond donors (Lipinski definition) is 1. The van der Waals surface area contributed by atoms with Gasteiger partial charge in [0.05, 0.1) is 12.2 Å². The van der Waals surface area contributed by atoms with E-state index >= 15 is 0 Å². The van der Waals surface area contributed by atoms with Gasteiger partial charge in [-0.1, -0.05) is 18.2 Å². The Balaban J connectivity index is 1.67. The van der Waals surface area contributed by atoms with Crippen LogP contribution in [0.5, 0.6) is 0 Å². The summed E-state index contributed by atoms with van der Waals surface area (Å²) >= 11 is 0. The Bertz CT molecular complexity index is 1130. The second-order valence-corrected chi connectivity index (χ2v) is 6.47. The van der Waals surface area contributed by atoms with Gasteiger partial charge >= 0.3 is 6.03 Å². The molecule has 1 N–H and O–H groups in total. The molecule has 0 spiro atoms. The molecule has 1 aromatic carbocycles. The molecule has 7 nitrogen and oxygen atoms in total. The lowest BCUT2D eigenvalue weighted by atomic mass is 9.92. The number of aromatic nitrogens is 2. The van der Waals surface area contributed by atoms with Gasteiger partial charge in [0.1, 0.15) is 17.0 Å². The molecule has 1 aliphatic rings. The molecule has 2 aromatic heterocycles. The van der Waals surface area contributed by atoms with Crippen molar-refractivity contribution in [1.29, 1.82) is 0 Å². The van der Waals surface area contributed by atoms with E-state index in [9.17, 15) is 18.8 Å². The van der Waals surface area contributed by atoms with E-state index in [1.165, 1.54) is 34.7 Å². The van der Waals surface area contributed by atoms with Gasteiger partial charge in [0.15, 0.2) is 0 Å². The number of halogens is 1. The number of hydrogen-bond acceptors (Lipinski definition) is 4. The molecule has 0 radical (unpaired) electrons. The van der Waals surface area contributed by atoms with Crippen molar-refractivity contribution in [2.24, 2.45) is 0 Å². The third-order valence-electron chi connectivity index (χ3n) is 4.64. The van der Waals surface area contributed by atoms with E-state index in [1.54, 1.807) is 31.3 Å². The normalized spacial score (nSPS) is 19.6. The monoisotopic (exact) mass is 366 g/mol. The van der Waals surface area contributed by atoms with E-state index in [0.717, 1.165) is 4.90 Å². The van der Waals surface area contributed by atoms with Crippen LogP contribution in [0.15, 0.2) is 59.5 Å². The summed E-state index contributed by atoms with van der Waals surface area (Å²) in [5.41, 5.74) is -0.414. The predicted molar refractivity (Wildman–Crippen MR) is 94.3 cm³/mol. The number of carbonyl (C=O) groups is 2. The zero-order chi connectivity index (χ0) is 19.2. The lowest BCUT2D eigenvalue weighted by molar-refractivity contribution is -0.131. The highest BCUT2D eigenvalue weighted by molar-refractivity contribution is 6.07. The molecule has 3 amide bonds. The summed E-state index contributed by atoms with van der Waals surface area (Å²) in [4.78, 5) is 42.9. The lowest BCUT2D eigenvalue weighted by Crippen LogP contribution is -2.40. The van der Waals surface area contributed by atoms with E-state index in [0.29, 0.717) is 16.9 Å². The molecule has 1 fully saturated rings. The van der Waals surface area contributed by atoms with Crippen molar-refractivity contribution in [1.82, 2.24) is 19.6 Å². The van der Waals surface area contributed by atoms with Gasteiger partial charge in [0, 0.05) is 12.3 Å². The zero-order valence-corrected chi connectivity index (χ0v) is 14.3. The molecule has 8 heteroatoms. The molecular formula is C19H15FN4O3. The topological polar surface area (TPSA) is 83.8 Å². The first-order valence-corrected chi connectivity index (χ1v) is 8.26. The summed E-state index contributed by atoms with van der Waals surface area (Å²) in [7, 11) is 0. The van der Waals surface area contributed by atoms with Crippen LogP contribution in [0.3, 0.4) is 0 Å². The fraction of sp³-hybridized carbons (Fsp3) is 0.158. The molecule has 136 valence electrons. The number of nitrogens with one attached hydrogen (secondary N) is 1. The highest BCUT2D eigenvalue weighted by atomic mass is 19.1. The Hall–Kier alpha value is -3.55. The van der Waals surface area contributed by atoms with Crippen LogP contribution in [0, 0.1) is 5.82 Å². The lowest BCUT2D eigenvalue weighted by Gasteiger charge is -2.22. The van der Waals surface area contributed by atoms with Crippen molar-refractivity contribution < 1.29 is 14.0 Å². The van der Waals surface area contributed by atoms with E-state index in [4.69, 9.17) is 0 Å². The van der Waals surface area contributed by atoms with Crippen LogP contribution in [0.4, 0.5) is 9.18 Å². The van der Waals surface area contributed by atoms with Crippen LogP contribution in [0.1, 0.15) is 18.2 Å². The Kier molecular flexibility index (Phi) is 3.76. The summed E-state index contributed by atoms with van der Waals surface area (Å²) in [5, 5.41) is 2.64. The number of rotatable bonds is 3. The van der Waals surface area contributed by atoms with Gasteiger partial charge in [-0.15, -0.1) is 0 Å². The number of nitrogens with zero attached hydrogens (tertiary/aromatic N) is 3. The van der Waals surface area contributed by atoms with E-state index in [2.05, 4.69) is 10.3 Å². The van der Waals surface area contributed by atoms with Crippen molar-refractivity contribution in [3.8, 4) is 0 Å². The van der Waals surface area contributed by atoms with Crippen molar-refractivity contribution >= 4 is 17.6 Å². The SMILES string of the molecule is CC1(c2ccc(F)cc2)NC(=O)N(Cc2cc(=O)n3ccccc3n2)C1=O. The Morgan fingerprint density at radius 2 is 1.85 bits per heavy atom. The summed E-state index contributed by atoms with van der Waals surface area (Å²) in [6, 6.07) is 11.2. The molecule has 27 heavy (non-hydrogen) atoms. The molecule has 4 rings (SSSR count). The van der Waals surface area contributed by atoms with Crippen LogP contribution in [0.25, 0.3) is 5.65 Å². The maximum Gasteiger partial charge on any atom is 0.325 e. The van der Waals surface area contributed by atoms with Crippen molar-refractivity contribution in [3.63, 3.8) is 0 Å². The minimum atomic E-state index is -1.31. The Morgan fingerprint density at radius 1 is 1.11 bits per heavy atom. The van der Waals surface area contributed by atoms with Crippen LogP contribution in [-0.2, 0) is 16.9 Å². The van der Waals surface area contributed by atoms with Crippen molar-refractivity contribution in [2.75, 3.05) is 0 Å². The summed E-state index contributed by atoms with van der Waals surface area (Å²) in [6.07, 6.45) is 1.59. The van der Waals surface area contributed by atoms with Gasteiger partial charge in [0.25, 0.3) is 11.5 Å². The molecule has 1 unspecified atom stereocenters. The van der Waals surface area contributed by atoms with Gasteiger partial charge in [-0.2, -0.15) is 0 Å². The van der Waals surface area contributed by atoms with Gasteiger partial charge in [-0.3, -0.25) is 18.9 Å². The highest BCUT2D eigenvalue weighted by Crippen LogP contribution is 2.29. The minimum Gasteiger partial charge on any atom is -0.319 e. The summed E-state index contributed by atoms with van der Waals surface area (Å²) in [5.74, 6) is -0.925. The first-order chi connectivity index (χ1) is 12.9. The first kappa shape index (κ1) is 16.9. The van der Waals surface area contributed by atoms with Crippen molar-refractivity contribution in [3.05, 3.63) is 82.2 Å². The van der Waals surface area contributed by atoms with Gasteiger partial charge < -0.3 is 5.32 Å². The van der Waals surface area contributed by atoms with Crippen LogP contribution in [0.2, 0.25) is 0 Å². The number of carbonyl (C=O) groups excluding carboxylic acids is 2. The average Bonchev–Trinajstić information content (AvgIpc) is 2.86. The molecule has 0 saturated carbocycles. The standard InChI is InChI=1S/C19H15FN4O3/c1-19(12-5-7-13(20)8-6-12)17(26)24(18(27)22-19)11-14-10-16(25)23-9-3-2-4-15(23)21-14/h2-10H,11H2,1H3,(H,22,27). The van der Waals surface area contributed by atoms with E-state index in [1.807, 2.05) is 0 Å². The fourth-order valence-electron chi connectivity index (χ4n) is 3.17. The molecule has 0 aliphatic carbocycles. The van der Waals surface area contributed by atoms with Crippen LogP contribution >= 0.6 is 0 Å². The van der Waals surface area contributed by atoms with E-state index in [-0.39, 0.29) is 12.1 Å². The quantitative estimate of drug-likeness (QED) is 0.717. The zero-order valence-electron chi connectivity index (χ0n) is 14.3. The Labute approximate surface area is 153 Å². The first-order valence-electron chi connectivity index (χ1n) is 8.26. The molecule has 3 aromatic rings. The molecule has 1 aliphatic heterocycles. The fourth-order valence-corrected chi connectivity index (χ4v) is 3.17. The summed E-state index contributed by atoms with van der Waals surface area (Å²) < 4.78 is 14.6. The highest BCUT2D eigenvalue weighted by Gasteiger charge is 2.49. The number of imide groups is 1. The molecule has 1 saturated heterocycles. The number of urea groups is 1. The number of benzene rings is 1. The molecular weight excluding hydrogens is 351 g/mol. The number of amides is 3. The maximum atomic E-state index is 13.2. The van der Waals surface area contributed by atoms with Crippen LogP contribution in [-0.4, -0.2) is 26.2 Å². The predicted octanol–water partition coefficient (Wildman–Crippen LogP) is 1.80. The minimum absolute atomic E-state index is 0.137. The van der Waals surface area contributed by atoms with Gasteiger partial charge in [-0.05, 0) is 36.8 Å². The molecule has 0 bridgehead atoms. The van der Waals surface area contributed by atoms with Gasteiger partial charge in [0.2, 0.25) is 0 Å². The summed E-state index contributed by atoms with van der Waals surface area (Å²) in [6.45, 7) is 1.42.